The number of rotatable bonds is 4. The normalized spacial score (nSPS) is 31.0. The van der Waals surface area contributed by atoms with Gasteiger partial charge < -0.3 is 32.7 Å². The van der Waals surface area contributed by atoms with E-state index in [2.05, 4.69) is 95.8 Å². The maximum atomic E-state index is 6.64. The standard InChI is InChI=1S/C26H42N6/c1-25(27)17-29-15-24(14-22-11-7-4-8-12-22)32-20-26(2,28)18-30-16-23(31-19-25)13-21-9-5-3-6-10-21/h3-12,23-24,29-32H,13-20,27-28H2,1-2H3. The van der Waals surface area contributed by atoms with Gasteiger partial charge in [-0.15, -0.1) is 0 Å². The maximum absolute atomic E-state index is 6.64. The Bertz CT molecular complexity index is 710. The van der Waals surface area contributed by atoms with Crippen LogP contribution in [-0.4, -0.2) is 62.4 Å². The van der Waals surface area contributed by atoms with Crippen LogP contribution in [0.2, 0.25) is 0 Å². The fraction of sp³-hybridized carbons (Fsp3) is 0.538. The van der Waals surface area contributed by atoms with E-state index in [0.717, 1.165) is 52.1 Å². The first-order valence-electron chi connectivity index (χ1n) is 11.9. The lowest BCUT2D eigenvalue weighted by Crippen LogP contribution is -2.60. The molecule has 2 aromatic carbocycles. The van der Waals surface area contributed by atoms with Gasteiger partial charge >= 0.3 is 0 Å². The van der Waals surface area contributed by atoms with Crippen molar-refractivity contribution < 1.29 is 0 Å². The summed E-state index contributed by atoms with van der Waals surface area (Å²) in [7, 11) is 0. The summed E-state index contributed by atoms with van der Waals surface area (Å²) in [6.07, 6.45) is 1.91. The summed E-state index contributed by atoms with van der Waals surface area (Å²) in [5.74, 6) is 0. The van der Waals surface area contributed by atoms with E-state index in [1.54, 1.807) is 0 Å². The molecule has 8 N–H and O–H groups in total. The van der Waals surface area contributed by atoms with Crippen LogP contribution in [0.5, 0.6) is 0 Å². The highest BCUT2D eigenvalue weighted by molar-refractivity contribution is 5.17. The lowest BCUT2D eigenvalue weighted by molar-refractivity contribution is 0.319. The third-order valence-corrected chi connectivity index (χ3v) is 6.08. The van der Waals surface area contributed by atoms with Gasteiger partial charge in [-0.1, -0.05) is 60.7 Å². The number of hydrogen-bond donors (Lipinski definition) is 6. The average molecular weight is 439 g/mol. The van der Waals surface area contributed by atoms with Crippen LogP contribution in [-0.2, 0) is 12.8 Å². The molecule has 0 aromatic heterocycles. The van der Waals surface area contributed by atoms with Gasteiger partial charge in [-0.05, 0) is 37.8 Å². The van der Waals surface area contributed by atoms with Gasteiger partial charge in [0.2, 0.25) is 0 Å². The van der Waals surface area contributed by atoms with E-state index in [-0.39, 0.29) is 23.2 Å². The minimum Gasteiger partial charge on any atom is -0.323 e. The Hall–Kier alpha value is -1.80. The summed E-state index contributed by atoms with van der Waals surface area (Å²) in [4.78, 5) is 0. The molecule has 6 heteroatoms. The molecule has 4 unspecified atom stereocenters. The molecule has 176 valence electrons. The smallest absolute Gasteiger partial charge is 0.0378 e. The molecule has 4 atom stereocenters. The van der Waals surface area contributed by atoms with Crippen molar-refractivity contribution in [1.82, 2.24) is 21.3 Å². The van der Waals surface area contributed by atoms with Gasteiger partial charge in [0.1, 0.15) is 0 Å². The first-order chi connectivity index (χ1) is 15.3. The Kier molecular flexibility index (Phi) is 9.22. The molecule has 6 nitrogen and oxygen atoms in total. The molecule has 0 saturated carbocycles. The van der Waals surface area contributed by atoms with Crippen molar-refractivity contribution in [2.24, 2.45) is 11.5 Å². The second-order valence-corrected chi connectivity index (χ2v) is 10.1. The molecular weight excluding hydrogens is 396 g/mol. The average Bonchev–Trinajstić information content (AvgIpc) is 2.76. The van der Waals surface area contributed by atoms with Crippen LogP contribution < -0.4 is 32.7 Å². The van der Waals surface area contributed by atoms with Crippen LogP contribution in [0.3, 0.4) is 0 Å². The molecule has 1 fully saturated rings. The second kappa shape index (κ2) is 11.9. The lowest BCUT2D eigenvalue weighted by atomic mass is 9.98. The Balaban J connectivity index is 1.64. The molecule has 0 spiro atoms. The fourth-order valence-electron chi connectivity index (χ4n) is 4.17. The highest BCUT2D eigenvalue weighted by Crippen LogP contribution is 2.07. The van der Waals surface area contributed by atoms with Crippen molar-refractivity contribution in [3.8, 4) is 0 Å². The monoisotopic (exact) mass is 438 g/mol. The largest absolute Gasteiger partial charge is 0.323 e. The van der Waals surface area contributed by atoms with Crippen molar-refractivity contribution >= 4 is 0 Å². The molecule has 1 aliphatic rings. The number of nitrogens with two attached hydrogens (primary N) is 2. The predicted molar refractivity (Wildman–Crippen MR) is 135 cm³/mol. The summed E-state index contributed by atoms with van der Waals surface area (Å²) < 4.78 is 0. The molecule has 1 aliphatic heterocycles. The maximum Gasteiger partial charge on any atom is 0.0378 e. The van der Waals surface area contributed by atoms with E-state index < -0.39 is 0 Å². The van der Waals surface area contributed by atoms with Crippen molar-refractivity contribution in [2.45, 2.75) is 49.9 Å². The zero-order valence-corrected chi connectivity index (χ0v) is 19.7. The van der Waals surface area contributed by atoms with E-state index in [9.17, 15) is 0 Å². The van der Waals surface area contributed by atoms with Gasteiger partial charge in [0.05, 0.1) is 0 Å². The van der Waals surface area contributed by atoms with E-state index in [4.69, 9.17) is 11.5 Å². The Labute approximate surface area is 193 Å². The van der Waals surface area contributed by atoms with Crippen molar-refractivity contribution in [3.63, 3.8) is 0 Å². The van der Waals surface area contributed by atoms with Crippen LogP contribution in [0.25, 0.3) is 0 Å². The zero-order chi connectivity index (χ0) is 22.9. The molecule has 2 aromatic rings. The first kappa shape index (κ1) is 24.8. The van der Waals surface area contributed by atoms with Crippen LogP contribution in [0, 0.1) is 0 Å². The molecule has 3 rings (SSSR count). The molecular formula is C26H42N6. The van der Waals surface area contributed by atoms with Crippen LogP contribution in [0.4, 0.5) is 0 Å². The molecule has 0 bridgehead atoms. The number of benzene rings is 2. The Morgan fingerprint density at radius 1 is 0.656 bits per heavy atom. The molecule has 1 heterocycles. The SMILES string of the molecule is CC1(N)CNCC(Cc2ccccc2)NCC(C)(N)CNCC(Cc2ccccc2)NC1. The third kappa shape index (κ3) is 8.98. The highest BCUT2D eigenvalue weighted by Gasteiger charge is 2.24. The topological polar surface area (TPSA) is 100 Å². The summed E-state index contributed by atoms with van der Waals surface area (Å²) >= 11 is 0. The van der Waals surface area contributed by atoms with E-state index >= 15 is 0 Å². The lowest BCUT2D eigenvalue weighted by Gasteiger charge is -2.33. The van der Waals surface area contributed by atoms with Crippen molar-refractivity contribution in [2.75, 3.05) is 39.3 Å². The quantitative estimate of drug-likeness (QED) is 0.426. The Morgan fingerprint density at radius 2 is 1.03 bits per heavy atom. The summed E-state index contributed by atoms with van der Waals surface area (Å²) in [5.41, 5.74) is 15.3. The van der Waals surface area contributed by atoms with Crippen LogP contribution in [0.1, 0.15) is 25.0 Å². The van der Waals surface area contributed by atoms with Gasteiger partial charge in [-0.25, -0.2) is 0 Å². The first-order valence-corrected chi connectivity index (χ1v) is 11.9. The zero-order valence-electron chi connectivity index (χ0n) is 19.7. The summed E-state index contributed by atoms with van der Waals surface area (Å²) in [5, 5.41) is 14.6. The van der Waals surface area contributed by atoms with Gasteiger partial charge in [0.25, 0.3) is 0 Å². The van der Waals surface area contributed by atoms with Crippen molar-refractivity contribution in [3.05, 3.63) is 71.8 Å². The van der Waals surface area contributed by atoms with Crippen molar-refractivity contribution in [1.29, 1.82) is 0 Å². The molecule has 0 radical (unpaired) electrons. The number of hydrogen-bond acceptors (Lipinski definition) is 6. The highest BCUT2D eigenvalue weighted by atomic mass is 15.1. The van der Waals surface area contributed by atoms with Crippen LogP contribution in [0.15, 0.2) is 60.7 Å². The molecule has 32 heavy (non-hydrogen) atoms. The minimum absolute atomic E-state index is 0.290. The van der Waals surface area contributed by atoms with Gasteiger partial charge in [0.15, 0.2) is 0 Å². The van der Waals surface area contributed by atoms with Gasteiger partial charge in [-0.3, -0.25) is 0 Å². The Morgan fingerprint density at radius 3 is 1.41 bits per heavy atom. The molecule has 1 saturated heterocycles. The van der Waals surface area contributed by atoms with E-state index in [1.807, 2.05) is 0 Å². The minimum atomic E-state index is -0.335. The third-order valence-electron chi connectivity index (χ3n) is 6.08. The number of nitrogens with one attached hydrogen (secondary N) is 4. The fourth-order valence-corrected chi connectivity index (χ4v) is 4.17. The predicted octanol–water partition coefficient (Wildman–Crippen LogP) is 1.02. The molecule has 0 amide bonds. The second-order valence-electron chi connectivity index (χ2n) is 10.1. The summed E-state index contributed by atoms with van der Waals surface area (Å²) in [6, 6.07) is 21.8. The van der Waals surface area contributed by atoms with E-state index in [0.29, 0.717) is 0 Å². The van der Waals surface area contributed by atoms with Crippen LogP contribution >= 0.6 is 0 Å². The van der Waals surface area contributed by atoms with Gasteiger partial charge in [-0.2, -0.15) is 0 Å². The van der Waals surface area contributed by atoms with Gasteiger partial charge in [0, 0.05) is 62.4 Å². The molecule has 0 aliphatic carbocycles. The van der Waals surface area contributed by atoms with E-state index in [1.165, 1.54) is 11.1 Å². The summed E-state index contributed by atoms with van der Waals surface area (Å²) in [6.45, 7) is 8.91.